The minimum absolute atomic E-state index is 0.711. The van der Waals surface area contributed by atoms with Crippen LogP contribution in [0.4, 0.5) is 0 Å². The lowest BCUT2D eigenvalue weighted by Crippen LogP contribution is -1.88. The largest absolute Gasteiger partial charge is 0.116 e. The van der Waals surface area contributed by atoms with E-state index in [4.69, 9.17) is 0 Å². The van der Waals surface area contributed by atoms with Gasteiger partial charge in [-0.1, -0.05) is 47.0 Å². The molecular formula is C10H8S8. The average molecular weight is 385 g/mol. The Morgan fingerprint density at radius 2 is 1.11 bits per heavy atom. The summed E-state index contributed by atoms with van der Waals surface area (Å²) in [5, 5.41) is 0. The van der Waals surface area contributed by atoms with Gasteiger partial charge in [-0.05, 0) is 6.92 Å². The molecule has 18 heavy (non-hydrogen) atoms. The van der Waals surface area contributed by atoms with E-state index in [9.17, 15) is 0 Å². The Labute approximate surface area is 141 Å². The summed E-state index contributed by atoms with van der Waals surface area (Å²) in [6.45, 7) is 2.30. The molecule has 0 radical (unpaired) electrons. The molecule has 0 saturated heterocycles. The van der Waals surface area contributed by atoms with Gasteiger partial charge < -0.3 is 0 Å². The van der Waals surface area contributed by atoms with Crippen molar-refractivity contribution < 1.29 is 0 Å². The number of hydrogen-bond donors (Lipinski definition) is 0. The zero-order chi connectivity index (χ0) is 12.1. The first-order valence-electron chi connectivity index (χ1n) is 5.33. The molecule has 0 aliphatic carbocycles. The van der Waals surface area contributed by atoms with Gasteiger partial charge in [-0.25, -0.2) is 0 Å². The molecule has 0 amide bonds. The summed E-state index contributed by atoms with van der Waals surface area (Å²) < 4.78 is 9.97. The smallest absolute Gasteiger partial charge is 0.0717 e. The van der Waals surface area contributed by atoms with E-state index >= 15 is 0 Å². The average Bonchev–Trinajstić information content (AvgIpc) is 2.98. The van der Waals surface area contributed by atoms with Crippen molar-refractivity contribution >= 4 is 94.1 Å². The molecule has 0 saturated carbocycles. The Morgan fingerprint density at radius 3 is 1.61 bits per heavy atom. The standard InChI is InChI=1S/C10H8S8/c1-4-13-7-8(14-4)18-10(17-7)9-15-5-6(16-9)12-3-2-11-5/h4H,2-3H2,1H3. The first-order valence-corrected chi connectivity index (χ1v) is 12.3. The second kappa shape index (κ2) is 5.66. The van der Waals surface area contributed by atoms with Crippen LogP contribution in [0.2, 0.25) is 0 Å². The van der Waals surface area contributed by atoms with Gasteiger partial charge >= 0.3 is 0 Å². The van der Waals surface area contributed by atoms with E-state index in [1.807, 2.05) is 94.1 Å². The van der Waals surface area contributed by atoms with Crippen LogP contribution in [0, 0.1) is 0 Å². The normalized spacial score (nSPS) is 28.5. The molecule has 0 nitrogen and oxygen atoms in total. The quantitative estimate of drug-likeness (QED) is 0.450. The molecule has 4 rings (SSSR count). The van der Waals surface area contributed by atoms with E-state index in [1.165, 1.54) is 20.0 Å². The van der Waals surface area contributed by atoms with E-state index in [2.05, 4.69) is 6.92 Å². The summed E-state index contributed by atoms with van der Waals surface area (Å²) in [5.74, 6) is 2.55. The van der Waals surface area contributed by atoms with Gasteiger partial charge in [-0.3, -0.25) is 0 Å². The minimum Gasteiger partial charge on any atom is -0.116 e. The highest BCUT2D eigenvalue weighted by Gasteiger charge is 2.35. The van der Waals surface area contributed by atoms with Crippen LogP contribution in [-0.4, -0.2) is 16.1 Å². The van der Waals surface area contributed by atoms with Crippen LogP contribution in [0.25, 0.3) is 0 Å². The molecule has 4 aliphatic heterocycles. The third-order valence-electron chi connectivity index (χ3n) is 2.34. The summed E-state index contributed by atoms with van der Waals surface area (Å²) in [4.78, 5) is 0. The summed E-state index contributed by atoms with van der Waals surface area (Å²) in [6, 6.07) is 0. The lowest BCUT2D eigenvalue weighted by Gasteiger charge is -2.08. The molecule has 0 spiro atoms. The predicted octanol–water partition coefficient (Wildman–Crippen LogP) is 6.63. The van der Waals surface area contributed by atoms with Crippen LogP contribution in [0.5, 0.6) is 0 Å². The molecular weight excluding hydrogens is 377 g/mol. The highest BCUT2D eigenvalue weighted by atomic mass is 32.3. The van der Waals surface area contributed by atoms with E-state index in [-0.39, 0.29) is 0 Å². The molecule has 0 aromatic heterocycles. The number of rotatable bonds is 0. The third kappa shape index (κ3) is 2.58. The van der Waals surface area contributed by atoms with E-state index < -0.39 is 0 Å². The second-order valence-electron chi connectivity index (χ2n) is 3.63. The van der Waals surface area contributed by atoms with Gasteiger partial charge in [0.05, 0.1) is 30.0 Å². The fourth-order valence-corrected chi connectivity index (χ4v) is 14.6. The van der Waals surface area contributed by atoms with E-state index in [0.29, 0.717) is 4.58 Å². The maximum Gasteiger partial charge on any atom is 0.0717 e. The monoisotopic (exact) mass is 384 g/mol. The highest BCUT2D eigenvalue weighted by molar-refractivity contribution is 8.48. The van der Waals surface area contributed by atoms with Crippen molar-refractivity contribution in [1.29, 1.82) is 0 Å². The third-order valence-corrected chi connectivity index (χ3v) is 14.4. The van der Waals surface area contributed by atoms with Crippen LogP contribution in [0.1, 0.15) is 6.92 Å². The Kier molecular flexibility index (Phi) is 4.30. The summed E-state index contributed by atoms with van der Waals surface area (Å²) in [7, 11) is 0. The summed E-state index contributed by atoms with van der Waals surface area (Å²) >= 11 is 16.2. The van der Waals surface area contributed by atoms with E-state index in [0.717, 1.165) is 0 Å². The van der Waals surface area contributed by atoms with Gasteiger partial charge in [0.25, 0.3) is 0 Å². The molecule has 0 fully saturated rings. The van der Waals surface area contributed by atoms with Gasteiger partial charge in [-0.15, -0.1) is 47.0 Å². The second-order valence-corrected chi connectivity index (χ2v) is 14.5. The fraction of sp³-hybridized carbons (Fsp3) is 0.400. The van der Waals surface area contributed by atoms with Gasteiger partial charge in [-0.2, -0.15) is 0 Å². The van der Waals surface area contributed by atoms with Crippen LogP contribution in [0.3, 0.4) is 0 Å². The SMILES string of the molecule is CC1SC2=C(SC(=C3SC4=C(SCCS4)S3)S2)S1. The van der Waals surface area contributed by atoms with Crippen LogP contribution >= 0.6 is 94.1 Å². The molecule has 0 aromatic carbocycles. The van der Waals surface area contributed by atoms with Crippen molar-refractivity contribution in [3.63, 3.8) is 0 Å². The van der Waals surface area contributed by atoms with Crippen LogP contribution in [0.15, 0.2) is 25.4 Å². The Bertz CT molecular complexity index is 462. The van der Waals surface area contributed by atoms with Gasteiger partial charge in [0, 0.05) is 11.5 Å². The summed E-state index contributed by atoms with van der Waals surface area (Å²) in [6.07, 6.45) is 0. The predicted molar refractivity (Wildman–Crippen MR) is 101 cm³/mol. The first kappa shape index (κ1) is 13.7. The number of thioether (sulfide) groups is 8. The van der Waals surface area contributed by atoms with Crippen LogP contribution < -0.4 is 0 Å². The zero-order valence-corrected chi connectivity index (χ0v) is 15.8. The van der Waals surface area contributed by atoms with Crippen LogP contribution in [-0.2, 0) is 0 Å². The molecule has 4 heterocycles. The molecule has 0 N–H and O–H groups in total. The van der Waals surface area contributed by atoms with Crippen molar-refractivity contribution in [2.75, 3.05) is 11.5 Å². The van der Waals surface area contributed by atoms with Crippen molar-refractivity contribution in [1.82, 2.24) is 0 Å². The van der Waals surface area contributed by atoms with Crippen molar-refractivity contribution in [2.45, 2.75) is 11.5 Å². The molecule has 0 atom stereocenters. The zero-order valence-electron chi connectivity index (χ0n) is 9.26. The molecule has 96 valence electrons. The fourth-order valence-electron chi connectivity index (χ4n) is 1.63. The Hall–Kier alpha value is 2.02. The minimum atomic E-state index is 0.711. The maximum absolute atomic E-state index is 2.30. The van der Waals surface area contributed by atoms with Crippen molar-refractivity contribution in [2.24, 2.45) is 0 Å². The molecule has 0 aromatic rings. The lowest BCUT2D eigenvalue weighted by atomic mass is 11.0. The van der Waals surface area contributed by atoms with Gasteiger partial charge in [0.2, 0.25) is 0 Å². The highest BCUT2D eigenvalue weighted by Crippen LogP contribution is 2.70. The lowest BCUT2D eigenvalue weighted by molar-refractivity contribution is 1.44. The molecule has 8 heteroatoms. The first-order chi connectivity index (χ1) is 8.79. The molecule has 4 aliphatic rings. The van der Waals surface area contributed by atoms with E-state index in [1.54, 1.807) is 16.9 Å². The number of hydrogen-bond acceptors (Lipinski definition) is 8. The van der Waals surface area contributed by atoms with Gasteiger partial charge in [0.15, 0.2) is 0 Å². The molecule has 0 bridgehead atoms. The molecule has 0 unspecified atom stereocenters. The maximum atomic E-state index is 2.30. The van der Waals surface area contributed by atoms with Gasteiger partial charge in [0.1, 0.15) is 0 Å². The topological polar surface area (TPSA) is 0 Å². The van der Waals surface area contributed by atoms with Crippen molar-refractivity contribution in [3.8, 4) is 0 Å². The van der Waals surface area contributed by atoms with Crippen molar-refractivity contribution in [3.05, 3.63) is 25.4 Å². The summed E-state index contributed by atoms with van der Waals surface area (Å²) in [5.41, 5.74) is 0. The Balaban J connectivity index is 1.52. The Morgan fingerprint density at radius 1 is 0.667 bits per heavy atom.